The molecule has 0 aliphatic carbocycles. The SMILES string of the molecule is COc1ccc2c(c1)C(c1ccc(C)cc1)NC(=O)N2C(C)C. The summed E-state index contributed by atoms with van der Waals surface area (Å²) in [7, 11) is 1.66. The van der Waals surface area contributed by atoms with Gasteiger partial charge in [-0.3, -0.25) is 4.90 Å². The summed E-state index contributed by atoms with van der Waals surface area (Å²) in [6.45, 7) is 6.08. The van der Waals surface area contributed by atoms with Gasteiger partial charge in [-0.2, -0.15) is 0 Å². The van der Waals surface area contributed by atoms with Crippen molar-refractivity contribution in [3.63, 3.8) is 0 Å². The molecule has 1 N–H and O–H groups in total. The summed E-state index contributed by atoms with van der Waals surface area (Å²) in [6.07, 6.45) is 0. The average Bonchev–Trinajstić information content (AvgIpc) is 2.54. The highest BCUT2D eigenvalue weighted by molar-refractivity contribution is 5.96. The number of carbonyl (C=O) groups excluding carboxylic acids is 1. The highest BCUT2D eigenvalue weighted by Crippen LogP contribution is 2.38. The molecule has 0 radical (unpaired) electrons. The molecule has 0 saturated heterocycles. The fourth-order valence-electron chi connectivity index (χ4n) is 3.02. The van der Waals surface area contributed by atoms with Gasteiger partial charge in [0.05, 0.1) is 18.8 Å². The molecular formula is C19H22N2O2. The summed E-state index contributed by atoms with van der Waals surface area (Å²) >= 11 is 0. The molecule has 1 aliphatic rings. The van der Waals surface area contributed by atoms with E-state index >= 15 is 0 Å². The fourth-order valence-corrected chi connectivity index (χ4v) is 3.02. The summed E-state index contributed by atoms with van der Waals surface area (Å²) < 4.78 is 5.37. The Morgan fingerprint density at radius 2 is 1.83 bits per heavy atom. The van der Waals surface area contributed by atoms with E-state index < -0.39 is 0 Å². The van der Waals surface area contributed by atoms with Crippen molar-refractivity contribution < 1.29 is 9.53 Å². The molecule has 2 aromatic rings. The number of urea groups is 1. The number of hydrogen-bond acceptors (Lipinski definition) is 2. The van der Waals surface area contributed by atoms with E-state index in [4.69, 9.17) is 4.74 Å². The molecule has 23 heavy (non-hydrogen) atoms. The second kappa shape index (κ2) is 5.95. The molecule has 1 unspecified atom stereocenters. The molecule has 1 aliphatic heterocycles. The predicted molar refractivity (Wildman–Crippen MR) is 92.2 cm³/mol. The van der Waals surface area contributed by atoms with Gasteiger partial charge in [0.25, 0.3) is 0 Å². The maximum atomic E-state index is 12.6. The monoisotopic (exact) mass is 310 g/mol. The number of amides is 2. The number of rotatable bonds is 3. The van der Waals surface area contributed by atoms with Crippen LogP contribution in [-0.4, -0.2) is 19.2 Å². The van der Waals surface area contributed by atoms with Crippen LogP contribution in [0.3, 0.4) is 0 Å². The van der Waals surface area contributed by atoms with E-state index in [1.54, 1.807) is 12.0 Å². The lowest BCUT2D eigenvalue weighted by molar-refractivity contribution is 0.241. The Morgan fingerprint density at radius 1 is 1.13 bits per heavy atom. The summed E-state index contributed by atoms with van der Waals surface area (Å²) in [5.41, 5.74) is 4.27. The van der Waals surface area contributed by atoms with Gasteiger partial charge in [0.15, 0.2) is 0 Å². The third-order valence-corrected chi connectivity index (χ3v) is 4.22. The van der Waals surface area contributed by atoms with E-state index in [2.05, 4.69) is 36.5 Å². The maximum absolute atomic E-state index is 12.6. The van der Waals surface area contributed by atoms with Crippen LogP contribution in [0, 0.1) is 6.92 Å². The average molecular weight is 310 g/mol. The second-order valence-corrected chi connectivity index (χ2v) is 6.18. The minimum Gasteiger partial charge on any atom is -0.497 e. The van der Waals surface area contributed by atoms with Gasteiger partial charge < -0.3 is 10.1 Å². The fraction of sp³-hybridized carbons (Fsp3) is 0.316. The quantitative estimate of drug-likeness (QED) is 0.930. The van der Waals surface area contributed by atoms with Gasteiger partial charge in [0.1, 0.15) is 5.75 Å². The number of hydrogen-bond donors (Lipinski definition) is 1. The Labute approximate surface area is 137 Å². The van der Waals surface area contributed by atoms with Gasteiger partial charge in [0.2, 0.25) is 0 Å². The van der Waals surface area contributed by atoms with Crippen molar-refractivity contribution in [1.82, 2.24) is 5.32 Å². The van der Waals surface area contributed by atoms with Gasteiger partial charge in [-0.05, 0) is 44.5 Å². The number of nitrogens with one attached hydrogen (secondary N) is 1. The Kier molecular flexibility index (Phi) is 3.99. The van der Waals surface area contributed by atoms with Gasteiger partial charge in [-0.1, -0.05) is 29.8 Å². The maximum Gasteiger partial charge on any atom is 0.322 e. The third kappa shape index (κ3) is 2.77. The normalized spacial score (nSPS) is 17.0. The van der Waals surface area contributed by atoms with Gasteiger partial charge in [-0.25, -0.2) is 4.79 Å². The molecule has 3 rings (SSSR count). The number of nitrogens with zero attached hydrogens (tertiary/aromatic N) is 1. The van der Waals surface area contributed by atoms with Gasteiger partial charge in [0, 0.05) is 11.6 Å². The lowest BCUT2D eigenvalue weighted by atomic mass is 9.93. The second-order valence-electron chi connectivity index (χ2n) is 6.18. The predicted octanol–water partition coefficient (Wildman–Crippen LogP) is 4.03. The summed E-state index contributed by atoms with van der Waals surface area (Å²) in [5, 5.41) is 3.12. The number of fused-ring (bicyclic) bond motifs is 1. The molecule has 0 saturated carbocycles. The third-order valence-electron chi connectivity index (χ3n) is 4.22. The number of methoxy groups -OCH3 is 1. The molecule has 120 valence electrons. The Morgan fingerprint density at radius 3 is 2.43 bits per heavy atom. The molecule has 4 heteroatoms. The minimum absolute atomic E-state index is 0.0664. The van der Waals surface area contributed by atoms with E-state index in [1.807, 2.05) is 32.0 Å². The highest BCUT2D eigenvalue weighted by atomic mass is 16.5. The van der Waals surface area contributed by atoms with Gasteiger partial charge in [-0.15, -0.1) is 0 Å². The lowest BCUT2D eigenvalue weighted by Crippen LogP contribution is -2.50. The molecule has 4 nitrogen and oxygen atoms in total. The number of anilines is 1. The summed E-state index contributed by atoms with van der Waals surface area (Å²) in [6, 6.07) is 14.0. The van der Waals surface area contributed by atoms with Crippen molar-refractivity contribution in [2.24, 2.45) is 0 Å². The standard InChI is InChI=1S/C19H22N2O2/c1-12(2)21-17-10-9-15(23-4)11-16(17)18(20-19(21)22)14-7-5-13(3)6-8-14/h5-12,18H,1-4H3,(H,20,22). The van der Waals surface area contributed by atoms with Crippen molar-refractivity contribution in [3.8, 4) is 5.75 Å². The molecule has 0 spiro atoms. The van der Waals surface area contributed by atoms with Crippen molar-refractivity contribution >= 4 is 11.7 Å². The van der Waals surface area contributed by atoms with Crippen molar-refractivity contribution in [3.05, 3.63) is 59.2 Å². The highest BCUT2D eigenvalue weighted by Gasteiger charge is 2.33. The van der Waals surface area contributed by atoms with Crippen molar-refractivity contribution in [2.45, 2.75) is 32.9 Å². The zero-order valence-electron chi connectivity index (χ0n) is 14.0. The first kappa shape index (κ1) is 15.4. The van der Waals surface area contributed by atoms with Crippen LogP contribution in [0.2, 0.25) is 0 Å². The van der Waals surface area contributed by atoms with Crippen LogP contribution in [0.1, 0.15) is 36.6 Å². The number of aryl methyl sites for hydroxylation is 1. The smallest absolute Gasteiger partial charge is 0.322 e. The Hall–Kier alpha value is -2.49. The van der Waals surface area contributed by atoms with E-state index in [-0.39, 0.29) is 18.1 Å². The first-order valence-corrected chi connectivity index (χ1v) is 7.85. The van der Waals surface area contributed by atoms with Crippen LogP contribution >= 0.6 is 0 Å². The van der Waals surface area contributed by atoms with E-state index in [9.17, 15) is 4.79 Å². The number of carbonyl (C=O) groups is 1. The minimum atomic E-state index is -0.164. The molecule has 1 atom stereocenters. The van der Waals surface area contributed by atoms with Gasteiger partial charge >= 0.3 is 6.03 Å². The van der Waals surface area contributed by atoms with Crippen molar-refractivity contribution in [1.29, 1.82) is 0 Å². The lowest BCUT2D eigenvalue weighted by Gasteiger charge is -2.37. The van der Waals surface area contributed by atoms with Crippen LogP contribution < -0.4 is 15.0 Å². The van der Waals surface area contributed by atoms with E-state index in [0.29, 0.717) is 0 Å². The molecule has 0 bridgehead atoms. The zero-order chi connectivity index (χ0) is 16.6. The number of benzene rings is 2. The molecule has 2 aromatic carbocycles. The molecular weight excluding hydrogens is 288 g/mol. The van der Waals surface area contributed by atoms with Crippen LogP contribution in [0.5, 0.6) is 5.75 Å². The molecule has 0 fully saturated rings. The topological polar surface area (TPSA) is 41.6 Å². The molecule has 2 amide bonds. The zero-order valence-corrected chi connectivity index (χ0v) is 14.0. The van der Waals surface area contributed by atoms with E-state index in [0.717, 1.165) is 22.6 Å². The Bertz CT molecular complexity index is 723. The number of ether oxygens (including phenoxy) is 1. The first-order chi connectivity index (χ1) is 11.0. The van der Waals surface area contributed by atoms with Crippen LogP contribution in [0.4, 0.5) is 10.5 Å². The summed E-state index contributed by atoms with van der Waals surface area (Å²) in [5.74, 6) is 0.792. The van der Waals surface area contributed by atoms with E-state index in [1.165, 1.54) is 5.56 Å². The summed E-state index contributed by atoms with van der Waals surface area (Å²) in [4.78, 5) is 14.4. The molecule has 1 heterocycles. The largest absolute Gasteiger partial charge is 0.497 e. The van der Waals surface area contributed by atoms with Crippen LogP contribution in [-0.2, 0) is 0 Å². The van der Waals surface area contributed by atoms with Crippen molar-refractivity contribution in [2.75, 3.05) is 12.0 Å². The van der Waals surface area contributed by atoms with Crippen LogP contribution in [0.15, 0.2) is 42.5 Å². The Balaban J connectivity index is 2.14. The molecule has 0 aromatic heterocycles. The first-order valence-electron chi connectivity index (χ1n) is 7.85. The van der Waals surface area contributed by atoms with Crippen LogP contribution in [0.25, 0.3) is 0 Å².